The lowest BCUT2D eigenvalue weighted by Crippen LogP contribution is -2.34. The van der Waals surface area contributed by atoms with Gasteiger partial charge in [0.1, 0.15) is 0 Å². The molecule has 2 aromatic heterocycles. The van der Waals surface area contributed by atoms with Crippen LogP contribution in [0.5, 0.6) is 0 Å². The van der Waals surface area contributed by atoms with Crippen molar-refractivity contribution in [2.45, 2.75) is 72.6 Å². The van der Waals surface area contributed by atoms with Gasteiger partial charge in [-0.25, -0.2) is 4.79 Å². The fourth-order valence-electron chi connectivity index (χ4n) is 5.47. The maximum atomic E-state index is 13.1. The van der Waals surface area contributed by atoms with E-state index in [0.29, 0.717) is 6.54 Å². The van der Waals surface area contributed by atoms with Gasteiger partial charge in [0.15, 0.2) is 0 Å². The van der Waals surface area contributed by atoms with Gasteiger partial charge in [0.25, 0.3) is 0 Å². The van der Waals surface area contributed by atoms with E-state index in [1.807, 2.05) is 0 Å². The fraction of sp³-hybridized carbons (Fsp3) is 0.552. The summed E-state index contributed by atoms with van der Waals surface area (Å²) < 4.78 is 2.18. The third kappa shape index (κ3) is 6.10. The minimum Gasteiger partial charge on any atom is -0.334 e. The van der Waals surface area contributed by atoms with Crippen LogP contribution in [0.3, 0.4) is 0 Å². The SMILES string of the molecule is CCCCC1=C(/C(CNC(=O)Nc2sc3c(c2C)CC(C)CC3)=C(\C)n2cccc2)CCN(C)C1. The number of aryl methyl sites for hydroxylation is 1. The van der Waals surface area contributed by atoms with Crippen molar-refractivity contribution in [2.24, 2.45) is 5.92 Å². The molecule has 2 aromatic rings. The number of nitrogens with one attached hydrogen (secondary N) is 2. The predicted octanol–water partition coefficient (Wildman–Crippen LogP) is 6.86. The molecular weight excluding hydrogens is 452 g/mol. The number of carbonyl (C=O) groups excluding carboxylic acids is 1. The third-order valence-corrected chi connectivity index (χ3v) is 8.99. The van der Waals surface area contributed by atoms with Gasteiger partial charge in [-0.3, -0.25) is 5.32 Å². The molecular formula is C29H42N4OS. The van der Waals surface area contributed by atoms with Gasteiger partial charge in [0.05, 0.1) is 5.00 Å². The average molecular weight is 495 g/mol. The molecule has 2 aliphatic rings. The summed E-state index contributed by atoms with van der Waals surface area (Å²) in [6, 6.07) is 4.01. The number of unbranched alkanes of at least 4 members (excludes halogenated alkanes) is 1. The maximum Gasteiger partial charge on any atom is 0.320 e. The molecule has 0 aromatic carbocycles. The summed E-state index contributed by atoms with van der Waals surface area (Å²) >= 11 is 1.77. The van der Waals surface area contributed by atoms with Crippen molar-refractivity contribution in [1.82, 2.24) is 14.8 Å². The molecule has 0 bridgehead atoms. The van der Waals surface area contributed by atoms with Crippen molar-refractivity contribution < 1.29 is 4.79 Å². The molecule has 35 heavy (non-hydrogen) atoms. The van der Waals surface area contributed by atoms with Crippen LogP contribution >= 0.6 is 11.3 Å². The second-order valence-electron chi connectivity index (χ2n) is 10.4. The monoisotopic (exact) mass is 494 g/mol. The number of likely N-dealkylation sites (N-methyl/N-ethyl adjacent to an activating group) is 1. The molecule has 0 saturated heterocycles. The number of amides is 2. The minimum atomic E-state index is -0.110. The molecule has 0 radical (unpaired) electrons. The summed E-state index contributed by atoms with van der Waals surface area (Å²) in [4.78, 5) is 16.9. The Morgan fingerprint density at radius 1 is 1.23 bits per heavy atom. The first-order valence-corrected chi connectivity index (χ1v) is 14.1. The van der Waals surface area contributed by atoms with Crippen LogP contribution in [0.1, 0.15) is 68.9 Å². The molecule has 1 aliphatic heterocycles. The van der Waals surface area contributed by atoms with Gasteiger partial charge in [0, 0.05) is 42.6 Å². The van der Waals surface area contributed by atoms with E-state index in [1.54, 1.807) is 11.3 Å². The fourth-order valence-corrected chi connectivity index (χ4v) is 6.72. The molecule has 190 valence electrons. The molecule has 2 N–H and O–H groups in total. The predicted molar refractivity (Wildman–Crippen MR) is 149 cm³/mol. The number of carbonyl (C=O) groups is 1. The molecule has 2 amide bonds. The van der Waals surface area contributed by atoms with Gasteiger partial charge in [-0.05, 0) is 99.7 Å². The molecule has 0 saturated carbocycles. The van der Waals surface area contributed by atoms with E-state index in [1.165, 1.54) is 57.7 Å². The molecule has 3 heterocycles. The van der Waals surface area contributed by atoms with Crippen LogP contribution in [0, 0.1) is 12.8 Å². The van der Waals surface area contributed by atoms with Crippen LogP contribution < -0.4 is 10.6 Å². The largest absolute Gasteiger partial charge is 0.334 e. The highest BCUT2D eigenvalue weighted by molar-refractivity contribution is 7.16. The van der Waals surface area contributed by atoms with Crippen LogP contribution in [0.2, 0.25) is 0 Å². The molecule has 1 unspecified atom stereocenters. The Morgan fingerprint density at radius 2 is 2.00 bits per heavy atom. The summed E-state index contributed by atoms with van der Waals surface area (Å²) in [5.41, 5.74) is 8.14. The number of anilines is 1. The Hall–Kier alpha value is -2.31. The zero-order valence-electron chi connectivity index (χ0n) is 22.2. The highest BCUT2D eigenvalue weighted by Crippen LogP contribution is 2.39. The summed E-state index contributed by atoms with van der Waals surface area (Å²) in [6.07, 6.45) is 12.3. The van der Waals surface area contributed by atoms with Crippen LogP contribution in [-0.4, -0.2) is 42.2 Å². The molecule has 0 fully saturated rings. The highest BCUT2D eigenvalue weighted by atomic mass is 32.1. The van der Waals surface area contributed by atoms with Gasteiger partial charge < -0.3 is 14.8 Å². The van der Waals surface area contributed by atoms with Gasteiger partial charge in [-0.1, -0.05) is 25.8 Å². The number of allylic oxidation sites excluding steroid dienone is 1. The van der Waals surface area contributed by atoms with Crippen molar-refractivity contribution in [2.75, 3.05) is 32.0 Å². The van der Waals surface area contributed by atoms with Crippen LogP contribution in [0.4, 0.5) is 9.80 Å². The van der Waals surface area contributed by atoms with E-state index in [9.17, 15) is 4.79 Å². The normalized spacial score (nSPS) is 19.4. The van der Waals surface area contributed by atoms with E-state index in [4.69, 9.17) is 0 Å². The van der Waals surface area contributed by atoms with Crippen molar-refractivity contribution >= 4 is 28.1 Å². The van der Waals surface area contributed by atoms with Gasteiger partial charge in [-0.15, -0.1) is 11.3 Å². The molecule has 1 aliphatic carbocycles. The summed E-state index contributed by atoms with van der Waals surface area (Å²) in [5.74, 6) is 0.728. The second-order valence-corrected chi connectivity index (χ2v) is 11.5. The Labute approximate surface area is 215 Å². The van der Waals surface area contributed by atoms with Crippen LogP contribution in [-0.2, 0) is 12.8 Å². The van der Waals surface area contributed by atoms with Crippen molar-refractivity contribution in [3.63, 3.8) is 0 Å². The summed E-state index contributed by atoms with van der Waals surface area (Å²) in [6.45, 7) is 11.5. The lowest BCUT2D eigenvalue weighted by Gasteiger charge is -2.30. The molecule has 6 heteroatoms. The standard InChI is InChI=1S/C29H42N4OS/c1-6-7-10-23-19-32(5)16-13-24(23)26(22(4)33-14-8-9-15-33)18-30-29(34)31-28-21(3)25-17-20(2)11-12-27(25)35-28/h8-9,14-15,20H,6-7,10-13,16-19H2,1-5H3,(H2,30,31,34)/b26-22+. The zero-order chi connectivity index (χ0) is 24.9. The summed E-state index contributed by atoms with van der Waals surface area (Å²) in [7, 11) is 2.21. The number of hydrogen-bond acceptors (Lipinski definition) is 3. The van der Waals surface area contributed by atoms with Gasteiger partial charge in [0.2, 0.25) is 0 Å². The first-order chi connectivity index (χ1) is 16.9. The molecule has 0 spiro atoms. The van der Waals surface area contributed by atoms with Crippen molar-refractivity contribution in [1.29, 1.82) is 0 Å². The van der Waals surface area contributed by atoms with E-state index >= 15 is 0 Å². The Balaban J connectivity index is 1.55. The van der Waals surface area contributed by atoms with Gasteiger partial charge >= 0.3 is 6.03 Å². The quantitative estimate of drug-likeness (QED) is 0.421. The van der Waals surface area contributed by atoms with E-state index in [-0.39, 0.29) is 6.03 Å². The van der Waals surface area contributed by atoms with Crippen molar-refractivity contribution in [3.8, 4) is 0 Å². The lowest BCUT2D eigenvalue weighted by molar-refractivity contribution is 0.253. The first-order valence-electron chi connectivity index (χ1n) is 13.3. The van der Waals surface area contributed by atoms with Crippen LogP contribution in [0.25, 0.3) is 5.70 Å². The molecule has 4 rings (SSSR count). The number of thiophene rings is 1. The zero-order valence-corrected chi connectivity index (χ0v) is 23.0. The second kappa shape index (κ2) is 11.6. The Bertz CT molecular complexity index is 1090. The smallest absolute Gasteiger partial charge is 0.320 e. The number of nitrogens with zero attached hydrogens (tertiary/aromatic N) is 2. The number of rotatable bonds is 8. The molecule has 1 atom stereocenters. The topological polar surface area (TPSA) is 49.3 Å². The lowest BCUT2D eigenvalue weighted by atomic mass is 9.88. The number of urea groups is 1. The maximum absolute atomic E-state index is 13.1. The van der Waals surface area contributed by atoms with Crippen molar-refractivity contribution in [3.05, 3.63) is 57.2 Å². The van der Waals surface area contributed by atoms with E-state index in [0.717, 1.165) is 49.7 Å². The number of hydrogen-bond donors (Lipinski definition) is 2. The first kappa shape index (κ1) is 25.8. The van der Waals surface area contributed by atoms with Gasteiger partial charge in [-0.2, -0.15) is 0 Å². The average Bonchev–Trinajstić information content (AvgIpc) is 3.48. The summed E-state index contributed by atoms with van der Waals surface area (Å²) in [5, 5.41) is 7.41. The Kier molecular flexibility index (Phi) is 8.55. The molecule has 5 nitrogen and oxygen atoms in total. The Morgan fingerprint density at radius 3 is 2.74 bits per heavy atom. The highest BCUT2D eigenvalue weighted by Gasteiger charge is 2.24. The van der Waals surface area contributed by atoms with E-state index in [2.05, 4.69) is 79.4 Å². The van der Waals surface area contributed by atoms with E-state index < -0.39 is 0 Å². The minimum absolute atomic E-state index is 0.110. The number of aromatic nitrogens is 1. The third-order valence-electron chi connectivity index (χ3n) is 7.68. The number of fused-ring (bicyclic) bond motifs is 1. The van der Waals surface area contributed by atoms with Crippen LogP contribution in [0.15, 0.2) is 41.2 Å².